The van der Waals surface area contributed by atoms with Crippen LogP contribution in [0, 0.1) is 5.92 Å². The fourth-order valence-corrected chi connectivity index (χ4v) is 1.01. The smallest absolute Gasteiger partial charge is 0.0207 e. The first-order valence-corrected chi connectivity index (χ1v) is 3.81. The molecule has 0 aliphatic carbocycles. The maximum absolute atomic E-state index is 4.19. The molecule has 0 unspecified atom stereocenters. The summed E-state index contributed by atoms with van der Waals surface area (Å²) >= 11 is 0. The van der Waals surface area contributed by atoms with Gasteiger partial charge in [0.05, 0.1) is 0 Å². The Hall–Kier alpha value is -0.0900. The highest BCUT2D eigenvalue weighted by atomic mass is 31.0. The van der Waals surface area contributed by atoms with Crippen LogP contribution in [0.25, 0.3) is 0 Å². The van der Waals surface area contributed by atoms with Crippen molar-refractivity contribution in [3.05, 3.63) is 25.3 Å². The molecule has 0 saturated carbocycles. The molecule has 0 aromatic carbocycles. The fourth-order valence-electron chi connectivity index (χ4n) is 0.717. The molecule has 0 bridgehead atoms. The number of allylic oxidation sites excluding steroid dienone is 2. The third-order valence-electron chi connectivity index (χ3n) is 1.26. The van der Waals surface area contributed by atoms with Crippen molar-refractivity contribution in [1.82, 2.24) is 0 Å². The van der Waals surface area contributed by atoms with Crippen LogP contribution in [0.3, 0.4) is 0 Å². The predicted octanol–water partition coefficient (Wildman–Crippen LogP) is 3.17. The van der Waals surface area contributed by atoms with Crippen molar-refractivity contribution < 1.29 is 0 Å². The van der Waals surface area contributed by atoms with Gasteiger partial charge in [0.2, 0.25) is 0 Å². The minimum Gasteiger partial charge on any atom is -0.103 e. The Kier molecular flexibility index (Phi) is 5.98. The second kappa shape index (κ2) is 6.04. The first-order valence-electron chi connectivity index (χ1n) is 3.17. The Bertz CT molecular complexity index is 76.6. The van der Waals surface area contributed by atoms with Gasteiger partial charge in [-0.3, -0.25) is 0 Å². The molecule has 50 valence electrons. The van der Waals surface area contributed by atoms with Crippen molar-refractivity contribution in [2.75, 3.05) is 6.16 Å². The summed E-state index contributed by atoms with van der Waals surface area (Å²) < 4.78 is 0. The Morgan fingerprint density at radius 2 is 1.67 bits per heavy atom. The lowest BCUT2D eigenvalue weighted by Crippen LogP contribution is -1.97. The molecule has 0 amide bonds. The molecule has 0 saturated heterocycles. The van der Waals surface area contributed by atoms with Crippen molar-refractivity contribution >= 4 is 9.24 Å². The summed E-state index contributed by atoms with van der Waals surface area (Å²) in [5, 5.41) is 0. The van der Waals surface area contributed by atoms with Crippen LogP contribution in [0.1, 0.15) is 12.8 Å². The van der Waals surface area contributed by atoms with Crippen LogP contribution in [-0.4, -0.2) is 6.16 Å². The highest BCUT2D eigenvalue weighted by Crippen LogP contribution is 2.12. The first-order chi connectivity index (χ1) is 4.35. The number of rotatable bonds is 5. The van der Waals surface area contributed by atoms with Crippen LogP contribution in [-0.2, 0) is 0 Å². The van der Waals surface area contributed by atoms with Crippen LogP contribution in [0.4, 0.5) is 0 Å². The highest BCUT2D eigenvalue weighted by molar-refractivity contribution is 7.16. The van der Waals surface area contributed by atoms with Crippen molar-refractivity contribution in [3.63, 3.8) is 0 Å². The van der Waals surface area contributed by atoms with Crippen LogP contribution >= 0.6 is 9.24 Å². The van der Waals surface area contributed by atoms with Crippen LogP contribution in [0.5, 0.6) is 0 Å². The molecule has 0 aromatic heterocycles. The number of hydrogen-bond acceptors (Lipinski definition) is 0. The molecule has 0 rings (SSSR count). The van der Waals surface area contributed by atoms with Gasteiger partial charge in [0.25, 0.3) is 0 Å². The van der Waals surface area contributed by atoms with Crippen molar-refractivity contribution in [1.29, 1.82) is 0 Å². The van der Waals surface area contributed by atoms with Gasteiger partial charge in [-0.05, 0) is 34.2 Å². The SMILES string of the molecule is C=CCC(C[P])CC=C. The monoisotopic (exact) mass is 140 g/mol. The quantitative estimate of drug-likeness (QED) is 0.406. The van der Waals surface area contributed by atoms with E-state index in [-0.39, 0.29) is 0 Å². The van der Waals surface area contributed by atoms with Gasteiger partial charge in [-0.25, -0.2) is 0 Å². The molecular weight excluding hydrogens is 127 g/mol. The van der Waals surface area contributed by atoms with Gasteiger partial charge >= 0.3 is 0 Å². The molecule has 0 nitrogen and oxygen atoms in total. The summed E-state index contributed by atoms with van der Waals surface area (Å²) in [7, 11) is 4.19. The maximum atomic E-state index is 4.19. The van der Waals surface area contributed by atoms with E-state index in [9.17, 15) is 0 Å². The molecule has 9 heavy (non-hydrogen) atoms. The van der Waals surface area contributed by atoms with Gasteiger partial charge < -0.3 is 0 Å². The third-order valence-corrected chi connectivity index (χ3v) is 1.77. The largest absolute Gasteiger partial charge is 0.103 e. The van der Waals surface area contributed by atoms with Gasteiger partial charge in [-0.2, -0.15) is 0 Å². The van der Waals surface area contributed by atoms with Crippen molar-refractivity contribution in [3.8, 4) is 0 Å². The summed E-state index contributed by atoms with van der Waals surface area (Å²) in [5.41, 5.74) is 0. The van der Waals surface area contributed by atoms with Crippen molar-refractivity contribution in [2.24, 2.45) is 5.92 Å². The summed E-state index contributed by atoms with van der Waals surface area (Å²) in [6.07, 6.45) is 6.90. The van der Waals surface area contributed by atoms with Gasteiger partial charge in [0, 0.05) is 0 Å². The van der Waals surface area contributed by atoms with E-state index in [1.165, 1.54) is 0 Å². The molecule has 1 heteroatoms. The third kappa shape index (κ3) is 4.42. The zero-order valence-electron chi connectivity index (χ0n) is 5.71. The normalized spacial score (nSPS) is 9.56. The Balaban J connectivity index is 3.39. The summed E-state index contributed by atoms with van der Waals surface area (Å²) in [6.45, 7) is 7.32. The predicted molar refractivity (Wildman–Crippen MR) is 44.9 cm³/mol. The Labute approximate surface area is 60.2 Å². The highest BCUT2D eigenvalue weighted by Gasteiger charge is 1.99. The minimum absolute atomic E-state index is 0.642. The molecule has 0 aromatic rings. The van der Waals surface area contributed by atoms with Crippen LogP contribution in [0.2, 0.25) is 0 Å². The lowest BCUT2D eigenvalue weighted by Gasteiger charge is -2.06. The first kappa shape index (κ1) is 8.91. The molecule has 0 aliphatic rings. The van der Waals surface area contributed by atoms with Gasteiger partial charge in [0.1, 0.15) is 0 Å². The van der Waals surface area contributed by atoms with E-state index in [1.54, 1.807) is 0 Å². The lowest BCUT2D eigenvalue weighted by molar-refractivity contribution is 0.615. The van der Waals surface area contributed by atoms with Gasteiger partial charge in [-0.1, -0.05) is 12.2 Å². The molecule has 0 aliphatic heterocycles. The lowest BCUT2D eigenvalue weighted by atomic mass is 10.0. The summed E-state index contributed by atoms with van der Waals surface area (Å²) in [4.78, 5) is 0. The van der Waals surface area contributed by atoms with E-state index in [0.29, 0.717) is 5.92 Å². The molecule has 0 atom stereocenters. The summed E-state index contributed by atoms with van der Waals surface area (Å²) in [5.74, 6) is 0.642. The molecular formula is C8H13P. The standard InChI is InChI=1S/C8H13P/c1-3-5-8(7-9)6-4-2/h3-4,8H,1-2,5-7H2. The van der Waals surface area contributed by atoms with E-state index in [2.05, 4.69) is 22.4 Å². The fraction of sp³-hybridized carbons (Fsp3) is 0.500. The minimum atomic E-state index is 0.642. The molecule has 0 heterocycles. The van der Waals surface area contributed by atoms with Gasteiger partial charge in [-0.15, -0.1) is 13.2 Å². The van der Waals surface area contributed by atoms with Crippen LogP contribution < -0.4 is 0 Å². The average Bonchev–Trinajstić information content (AvgIpc) is 1.88. The Morgan fingerprint density at radius 3 is 1.89 bits per heavy atom. The van der Waals surface area contributed by atoms with E-state index in [1.807, 2.05) is 12.2 Å². The van der Waals surface area contributed by atoms with Gasteiger partial charge in [0.15, 0.2) is 0 Å². The summed E-state index contributed by atoms with van der Waals surface area (Å²) in [6, 6.07) is 0. The number of hydrogen-bond donors (Lipinski definition) is 0. The van der Waals surface area contributed by atoms with Crippen LogP contribution in [0.15, 0.2) is 25.3 Å². The zero-order chi connectivity index (χ0) is 7.11. The van der Waals surface area contributed by atoms with E-state index >= 15 is 0 Å². The average molecular weight is 140 g/mol. The second-order valence-electron chi connectivity index (χ2n) is 2.10. The molecule has 0 fully saturated rings. The van der Waals surface area contributed by atoms with Crippen molar-refractivity contribution in [2.45, 2.75) is 12.8 Å². The second-order valence-corrected chi connectivity index (χ2v) is 2.46. The molecule has 0 N–H and O–H groups in total. The molecule has 0 spiro atoms. The van der Waals surface area contributed by atoms with E-state index < -0.39 is 0 Å². The topological polar surface area (TPSA) is 0 Å². The van der Waals surface area contributed by atoms with E-state index in [0.717, 1.165) is 19.0 Å². The maximum Gasteiger partial charge on any atom is -0.0207 e. The zero-order valence-corrected chi connectivity index (χ0v) is 6.61. The molecule has 2 radical (unpaired) electrons. The van der Waals surface area contributed by atoms with E-state index in [4.69, 9.17) is 0 Å². The Morgan fingerprint density at radius 1 is 1.22 bits per heavy atom.